The molecule has 2 N–H and O–H groups in total. The summed E-state index contributed by atoms with van der Waals surface area (Å²) in [6, 6.07) is 9.43. The number of benzene rings is 1. The quantitative estimate of drug-likeness (QED) is 0.836. The molecule has 0 amide bonds. The third-order valence-corrected chi connectivity index (χ3v) is 5.26. The molecule has 0 radical (unpaired) electrons. The molecule has 1 saturated heterocycles. The molecule has 0 bridgehead atoms. The van der Waals surface area contributed by atoms with Gasteiger partial charge in [-0.05, 0) is 56.7 Å². The fourth-order valence-corrected chi connectivity index (χ4v) is 4.17. The Bertz CT molecular complexity index is 466. The van der Waals surface area contributed by atoms with Crippen molar-refractivity contribution in [3.63, 3.8) is 0 Å². The van der Waals surface area contributed by atoms with Gasteiger partial charge in [0.05, 0.1) is 0 Å². The van der Waals surface area contributed by atoms with Crippen molar-refractivity contribution in [2.24, 2.45) is 5.73 Å². The number of nitrogens with zero attached hydrogens (tertiary/aromatic N) is 1. The van der Waals surface area contributed by atoms with Crippen molar-refractivity contribution in [1.29, 1.82) is 0 Å². The highest BCUT2D eigenvalue weighted by molar-refractivity contribution is 5.36. The lowest BCUT2D eigenvalue weighted by atomic mass is 9.77. The second kappa shape index (κ2) is 4.60. The minimum absolute atomic E-state index is 0.171. The highest BCUT2D eigenvalue weighted by Gasteiger charge is 2.42. The fourth-order valence-electron chi connectivity index (χ4n) is 4.17. The Kier molecular flexibility index (Phi) is 3.18. The zero-order valence-corrected chi connectivity index (χ0v) is 12.4. The summed E-state index contributed by atoms with van der Waals surface area (Å²) in [7, 11) is 0. The number of fused-ring (bicyclic) bond motifs is 1. The minimum Gasteiger partial charge on any atom is -0.323 e. The molecule has 2 aliphatic rings. The maximum atomic E-state index is 6.61. The summed E-state index contributed by atoms with van der Waals surface area (Å²) in [5, 5.41) is 0. The van der Waals surface area contributed by atoms with Gasteiger partial charge in [0, 0.05) is 17.6 Å². The van der Waals surface area contributed by atoms with Crippen LogP contribution in [0.25, 0.3) is 0 Å². The van der Waals surface area contributed by atoms with E-state index in [4.69, 9.17) is 5.73 Å². The molecule has 1 aromatic rings. The largest absolute Gasteiger partial charge is 0.323 e. The summed E-state index contributed by atoms with van der Waals surface area (Å²) in [5.41, 5.74) is 9.76. The summed E-state index contributed by atoms with van der Waals surface area (Å²) >= 11 is 0. The van der Waals surface area contributed by atoms with E-state index < -0.39 is 0 Å². The van der Waals surface area contributed by atoms with Gasteiger partial charge in [-0.2, -0.15) is 0 Å². The van der Waals surface area contributed by atoms with Crippen LogP contribution in [0.15, 0.2) is 24.3 Å². The van der Waals surface area contributed by atoms with Gasteiger partial charge in [0.15, 0.2) is 0 Å². The molecule has 1 fully saturated rings. The monoisotopic (exact) mass is 258 g/mol. The van der Waals surface area contributed by atoms with E-state index in [1.807, 2.05) is 0 Å². The predicted octanol–water partition coefficient (Wildman–Crippen LogP) is 3.44. The molecule has 0 aromatic heterocycles. The normalized spacial score (nSPS) is 34.2. The van der Waals surface area contributed by atoms with Gasteiger partial charge in [-0.3, -0.25) is 4.90 Å². The van der Waals surface area contributed by atoms with Gasteiger partial charge in [-0.25, -0.2) is 0 Å². The second-order valence-corrected chi connectivity index (χ2v) is 6.97. The Labute approximate surface area is 117 Å². The smallest absolute Gasteiger partial charge is 0.0456 e. The van der Waals surface area contributed by atoms with Gasteiger partial charge in [0.1, 0.15) is 0 Å². The van der Waals surface area contributed by atoms with Crippen molar-refractivity contribution in [1.82, 2.24) is 4.90 Å². The zero-order chi connectivity index (χ0) is 13.6. The lowest BCUT2D eigenvalue weighted by Gasteiger charge is -2.45. The molecule has 1 aromatic carbocycles. The van der Waals surface area contributed by atoms with Gasteiger partial charge >= 0.3 is 0 Å². The van der Waals surface area contributed by atoms with Crippen LogP contribution in [-0.4, -0.2) is 23.0 Å². The number of likely N-dealkylation sites (tertiary alicyclic amines) is 1. The lowest BCUT2D eigenvalue weighted by Crippen LogP contribution is -2.52. The van der Waals surface area contributed by atoms with Crippen molar-refractivity contribution in [2.45, 2.75) is 63.6 Å². The number of hydrogen-bond acceptors (Lipinski definition) is 2. The Balaban J connectivity index is 1.94. The summed E-state index contributed by atoms with van der Waals surface area (Å²) in [6.45, 7) is 8.30. The van der Waals surface area contributed by atoms with Gasteiger partial charge in [0.25, 0.3) is 0 Å². The lowest BCUT2D eigenvalue weighted by molar-refractivity contribution is 0.0826. The van der Waals surface area contributed by atoms with Gasteiger partial charge < -0.3 is 5.73 Å². The van der Waals surface area contributed by atoms with E-state index in [0.717, 1.165) is 0 Å². The number of hydrogen-bond donors (Lipinski definition) is 1. The first-order chi connectivity index (χ1) is 9.00. The van der Waals surface area contributed by atoms with Crippen LogP contribution >= 0.6 is 0 Å². The molecule has 1 aliphatic carbocycles. The zero-order valence-electron chi connectivity index (χ0n) is 12.4. The Morgan fingerprint density at radius 1 is 1.21 bits per heavy atom. The van der Waals surface area contributed by atoms with E-state index in [1.165, 1.54) is 36.9 Å². The summed E-state index contributed by atoms with van der Waals surface area (Å²) < 4.78 is 0. The van der Waals surface area contributed by atoms with Crippen LogP contribution in [0.1, 0.15) is 63.1 Å². The first kappa shape index (κ1) is 13.1. The van der Waals surface area contributed by atoms with Gasteiger partial charge in [0.2, 0.25) is 0 Å². The average molecular weight is 258 g/mol. The molecular formula is C17H26N2. The average Bonchev–Trinajstić information content (AvgIpc) is 2.73. The van der Waals surface area contributed by atoms with Gasteiger partial charge in [-0.15, -0.1) is 0 Å². The van der Waals surface area contributed by atoms with E-state index in [0.29, 0.717) is 17.5 Å². The van der Waals surface area contributed by atoms with Crippen molar-refractivity contribution >= 4 is 0 Å². The van der Waals surface area contributed by atoms with Crippen LogP contribution in [0, 0.1) is 0 Å². The van der Waals surface area contributed by atoms with Gasteiger partial charge in [-0.1, -0.05) is 31.2 Å². The molecule has 19 heavy (non-hydrogen) atoms. The summed E-state index contributed by atoms with van der Waals surface area (Å²) in [6.07, 6.45) is 3.81. The molecule has 104 valence electrons. The number of rotatable bonds is 1. The third-order valence-electron chi connectivity index (χ3n) is 5.26. The molecule has 1 heterocycles. The van der Waals surface area contributed by atoms with Crippen LogP contribution in [0.3, 0.4) is 0 Å². The molecule has 1 aliphatic heterocycles. The van der Waals surface area contributed by atoms with E-state index in [2.05, 4.69) is 49.9 Å². The molecule has 3 unspecified atom stereocenters. The fraction of sp³-hybridized carbons (Fsp3) is 0.647. The highest BCUT2D eigenvalue weighted by Crippen LogP contribution is 2.42. The van der Waals surface area contributed by atoms with E-state index in [9.17, 15) is 0 Å². The van der Waals surface area contributed by atoms with Crippen molar-refractivity contribution < 1.29 is 0 Å². The van der Waals surface area contributed by atoms with Crippen molar-refractivity contribution in [2.75, 3.05) is 6.54 Å². The van der Waals surface area contributed by atoms with E-state index >= 15 is 0 Å². The Morgan fingerprint density at radius 3 is 2.53 bits per heavy atom. The Morgan fingerprint density at radius 2 is 1.89 bits per heavy atom. The van der Waals surface area contributed by atoms with Crippen LogP contribution in [0.5, 0.6) is 0 Å². The first-order valence-electron chi connectivity index (χ1n) is 7.62. The predicted molar refractivity (Wildman–Crippen MR) is 80.2 cm³/mol. The topological polar surface area (TPSA) is 29.3 Å². The Hall–Kier alpha value is -0.860. The molecular weight excluding hydrogens is 232 g/mol. The van der Waals surface area contributed by atoms with Crippen LogP contribution in [-0.2, 0) is 0 Å². The maximum absolute atomic E-state index is 6.61. The third kappa shape index (κ3) is 2.11. The molecule has 3 rings (SSSR count). The van der Waals surface area contributed by atoms with Crippen molar-refractivity contribution in [3.8, 4) is 0 Å². The summed E-state index contributed by atoms with van der Waals surface area (Å²) in [5.74, 6) is 0.623. The molecule has 0 saturated carbocycles. The second-order valence-electron chi connectivity index (χ2n) is 6.97. The SMILES string of the molecule is CC1CC(N2CCCC2(C)C)C(N)c2ccccc21. The van der Waals surface area contributed by atoms with E-state index in [-0.39, 0.29) is 6.04 Å². The standard InChI is InChI=1S/C17H26N2/c1-12-11-15(19-10-6-9-17(19,2)3)16(18)14-8-5-4-7-13(12)14/h4-5,7-8,12,15-16H,6,9-11,18H2,1-3H3. The number of nitrogens with two attached hydrogens (primary N) is 1. The van der Waals surface area contributed by atoms with E-state index in [1.54, 1.807) is 0 Å². The van der Waals surface area contributed by atoms with Crippen LogP contribution in [0.2, 0.25) is 0 Å². The summed E-state index contributed by atoms with van der Waals surface area (Å²) in [4.78, 5) is 2.67. The van der Waals surface area contributed by atoms with Crippen LogP contribution < -0.4 is 5.73 Å². The van der Waals surface area contributed by atoms with Crippen molar-refractivity contribution in [3.05, 3.63) is 35.4 Å². The molecule has 0 spiro atoms. The molecule has 2 nitrogen and oxygen atoms in total. The minimum atomic E-state index is 0.171. The highest BCUT2D eigenvalue weighted by atomic mass is 15.3. The molecule has 3 atom stereocenters. The van der Waals surface area contributed by atoms with Crippen LogP contribution in [0.4, 0.5) is 0 Å². The first-order valence-corrected chi connectivity index (χ1v) is 7.62. The maximum Gasteiger partial charge on any atom is 0.0456 e. The molecule has 2 heteroatoms.